The van der Waals surface area contributed by atoms with Gasteiger partial charge in [-0.25, -0.2) is 4.79 Å². The van der Waals surface area contributed by atoms with Crippen LogP contribution in [0.25, 0.3) is 10.9 Å². The minimum Gasteiger partial charge on any atom is -0.477 e. The molecule has 90 valence electrons. The minimum absolute atomic E-state index is 0.0170. The maximum absolute atomic E-state index is 12.1. The fourth-order valence-electron chi connectivity index (χ4n) is 1.43. The van der Waals surface area contributed by atoms with E-state index in [1.54, 1.807) is 0 Å². The fraction of sp³-hybridized carbons (Fsp3) is 0.100. The summed E-state index contributed by atoms with van der Waals surface area (Å²) in [4.78, 5) is 13.3. The second-order valence-electron chi connectivity index (χ2n) is 3.24. The van der Waals surface area contributed by atoms with Crippen LogP contribution in [0, 0.1) is 0 Å². The van der Waals surface area contributed by atoms with Crippen molar-refractivity contribution in [2.75, 3.05) is 0 Å². The average molecular weight is 262 g/mol. The fourth-order valence-corrected chi connectivity index (χ4v) is 1.64. The summed E-state index contributed by atoms with van der Waals surface area (Å²) in [5.41, 5.74) is 0.388. The van der Waals surface area contributed by atoms with Crippen molar-refractivity contribution in [3.63, 3.8) is 0 Å². The van der Waals surface area contributed by atoms with Crippen LogP contribution in [0.15, 0.2) is 18.2 Å². The molecule has 17 heavy (non-hydrogen) atoms. The highest BCUT2D eigenvalue weighted by Crippen LogP contribution is 2.31. The Hall–Kier alpha value is -1.82. The van der Waals surface area contributed by atoms with Crippen LogP contribution in [0.5, 0.6) is 5.75 Å². The topological polar surface area (TPSA) is 62.3 Å². The van der Waals surface area contributed by atoms with Crippen LogP contribution >= 0.6 is 11.6 Å². The quantitative estimate of drug-likeness (QED) is 0.892. The Morgan fingerprint density at radius 3 is 2.71 bits per heavy atom. The molecule has 0 saturated carbocycles. The number of carbonyl (C=O) groups is 1. The van der Waals surface area contributed by atoms with E-state index in [9.17, 15) is 13.6 Å². The molecule has 0 aliphatic heterocycles. The van der Waals surface area contributed by atoms with E-state index >= 15 is 0 Å². The van der Waals surface area contributed by atoms with Crippen LogP contribution in [0.2, 0.25) is 5.02 Å². The minimum atomic E-state index is -2.98. The standard InChI is InChI=1S/C10H6ClF2NO3/c11-5-3-6-4(1-7(14-6)9(15)16)2-8(5)17-10(12)13/h1-3,10,14H,(H,15,16). The summed E-state index contributed by atoms with van der Waals surface area (Å²) in [6.45, 7) is -2.98. The van der Waals surface area contributed by atoms with Crippen molar-refractivity contribution in [3.8, 4) is 5.75 Å². The number of fused-ring (bicyclic) bond motifs is 1. The molecule has 2 N–H and O–H groups in total. The highest BCUT2D eigenvalue weighted by Gasteiger charge is 2.13. The lowest BCUT2D eigenvalue weighted by Crippen LogP contribution is -2.02. The molecule has 0 unspecified atom stereocenters. The van der Waals surface area contributed by atoms with Crippen molar-refractivity contribution in [2.45, 2.75) is 6.61 Å². The predicted molar refractivity (Wildman–Crippen MR) is 56.9 cm³/mol. The number of aromatic nitrogens is 1. The SMILES string of the molecule is O=C(O)c1cc2cc(OC(F)F)c(Cl)cc2[nH]1. The van der Waals surface area contributed by atoms with Crippen molar-refractivity contribution in [1.82, 2.24) is 4.98 Å². The molecule has 0 radical (unpaired) electrons. The first kappa shape index (κ1) is 11.7. The lowest BCUT2D eigenvalue weighted by atomic mass is 10.2. The van der Waals surface area contributed by atoms with Crippen molar-refractivity contribution in [2.24, 2.45) is 0 Å². The summed E-state index contributed by atoms with van der Waals surface area (Å²) in [6, 6.07) is 3.90. The lowest BCUT2D eigenvalue weighted by molar-refractivity contribution is -0.0496. The number of alkyl halides is 2. The molecule has 0 saturated heterocycles. The Bertz CT molecular complexity index is 582. The zero-order valence-corrected chi connectivity index (χ0v) is 8.96. The number of ether oxygens (including phenoxy) is 1. The molecule has 2 rings (SSSR count). The largest absolute Gasteiger partial charge is 0.477 e. The normalized spacial score (nSPS) is 11.1. The molecule has 0 aliphatic carbocycles. The molecule has 1 heterocycles. The second-order valence-corrected chi connectivity index (χ2v) is 3.64. The highest BCUT2D eigenvalue weighted by molar-refractivity contribution is 6.32. The summed E-state index contributed by atoms with van der Waals surface area (Å²) in [5.74, 6) is -1.33. The smallest absolute Gasteiger partial charge is 0.387 e. The van der Waals surface area contributed by atoms with Gasteiger partial charge >= 0.3 is 12.6 Å². The summed E-state index contributed by atoms with van der Waals surface area (Å²) in [6.07, 6.45) is 0. The second kappa shape index (κ2) is 4.21. The Morgan fingerprint density at radius 1 is 1.41 bits per heavy atom. The van der Waals surface area contributed by atoms with Gasteiger partial charge < -0.3 is 14.8 Å². The van der Waals surface area contributed by atoms with Gasteiger partial charge in [-0.05, 0) is 18.2 Å². The van der Waals surface area contributed by atoms with Gasteiger partial charge in [-0.3, -0.25) is 0 Å². The van der Waals surface area contributed by atoms with E-state index in [2.05, 4.69) is 9.72 Å². The Labute approximate surface area is 98.8 Å². The van der Waals surface area contributed by atoms with Crippen molar-refractivity contribution >= 4 is 28.5 Å². The van der Waals surface area contributed by atoms with E-state index in [-0.39, 0.29) is 16.5 Å². The summed E-state index contributed by atoms with van der Waals surface area (Å²) in [7, 11) is 0. The van der Waals surface area contributed by atoms with Crippen LogP contribution in [0.3, 0.4) is 0 Å². The first-order valence-corrected chi connectivity index (χ1v) is 4.85. The van der Waals surface area contributed by atoms with Gasteiger partial charge in [0.1, 0.15) is 11.4 Å². The Balaban J connectivity index is 2.51. The molecule has 1 aromatic carbocycles. The number of nitrogens with one attached hydrogen (secondary N) is 1. The van der Waals surface area contributed by atoms with E-state index in [1.807, 2.05) is 0 Å². The molecule has 0 fully saturated rings. The maximum atomic E-state index is 12.1. The van der Waals surface area contributed by atoms with Crippen molar-refractivity contribution in [1.29, 1.82) is 0 Å². The molecule has 0 bridgehead atoms. The number of rotatable bonds is 3. The monoisotopic (exact) mass is 261 g/mol. The van der Waals surface area contributed by atoms with Crippen molar-refractivity contribution in [3.05, 3.63) is 28.9 Å². The third-order valence-electron chi connectivity index (χ3n) is 2.12. The zero-order valence-electron chi connectivity index (χ0n) is 8.21. The zero-order chi connectivity index (χ0) is 12.6. The van der Waals surface area contributed by atoms with Gasteiger partial charge in [-0.2, -0.15) is 8.78 Å². The van der Waals surface area contributed by atoms with Gasteiger partial charge in [0.15, 0.2) is 0 Å². The average Bonchev–Trinajstić information content (AvgIpc) is 2.60. The number of benzene rings is 1. The number of H-pyrrole nitrogens is 1. The van der Waals surface area contributed by atoms with Gasteiger partial charge in [0.25, 0.3) is 0 Å². The predicted octanol–water partition coefficient (Wildman–Crippen LogP) is 3.12. The molecule has 4 nitrogen and oxygen atoms in total. The van der Waals surface area contributed by atoms with E-state index in [0.29, 0.717) is 10.9 Å². The Kier molecular flexibility index (Phi) is 2.89. The summed E-state index contributed by atoms with van der Waals surface area (Å²) >= 11 is 5.71. The van der Waals surface area contributed by atoms with Gasteiger partial charge in [0.2, 0.25) is 0 Å². The third kappa shape index (κ3) is 2.31. The lowest BCUT2D eigenvalue weighted by Gasteiger charge is -2.06. The maximum Gasteiger partial charge on any atom is 0.387 e. The van der Waals surface area contributed by atoms with E-state index in [4.69, 9.17) is 16.7 Å². The van der Waals surface area contributed by atoms with E-state index in [1.165, 1.54) is 18.2 Å². The van der Waals surface area contributed by atoms with Crippen LogP contribution < -0.4 is 4.74 Å². The van der Waals surface area contributed by atoms with Gasteiger partial charge in [-0.1, -0.05) is 11.6 Å². The number of carboxylic acid groups (broad SMARTS) is 1. The first-order chi connectivity index (χ1) is 7.97. The number of halogens is 3. The molecule has 0 aliphatic rings. The highest BCUT2D eigenvalue weighted by atomic mass is 35.5. The molecule has 0 spiro atoms. The molecule has 2 aromatic rings. The van der Waals surface area contributed by atoms with Gasteiger partial charge in [-0.15, -0.1) is 0 Å². The number of aromatic amines is 1. The molecular weight excluding hydrogens is 256 g/mol. The van der Waals surface area contributed by atoms with Crippen LogP contribution in [0.1, 0.15) is 10.5 Å². The number of carboxylic acids is 1. The third-order valence-corrected chi connectivity index (χ3v) is 2.42. The Morgan fingerprint density at radius 2 is 2.12 bits per heavy atom. The van der Waals surface area contributed by atoms with Crippen molar-refractivity contribution < 1.29 is 23.4 Å². The van der Waals surface area contributed by atoms with Gasteiger partial charge in [0.05, 0.1) is 5.02 Å². The summed E-state index contributed by atoms with van der Waals surface area (Å²) in [5, 5.41) is 9.17. The van der Waals surface area contributed by atoms with E-state index < -0.39 is 12.6 Å². The molecule has 7 heteroatoms. The number of aromatic carboxylic acids is 1. The molecule has 1 aromatic heterocycles. The first-order valence-electron chi connectivity index (χ1n) is 4.48. The van der Waals surface area contributed by atoms with Crippen LogP contribution in [0.4, 0.5) is 8.78 Å². The molecule has 0 atom stereocenters. The van der Waals surface area contributed by atoms with Gasteiger partial charge in [0, 0.05) is 10.9 Å². The van der Waals surface area contributed by atoms with Crippen LogP contribution in [-0.4, -0.2) is 22.7 Å². The number of hydrogen-bond donors (Lipinski definition) is 2. The molecular formula is C10H6ClF2NO3. The van der Waals surface area contributed by atoms with Crippen LogP contribution in [-0.2, 0) is 0 Å². The number of hydrogen-bond acceptors (Lipinski definition) is 2. The van der Waals surface area contributed by atoms with E-state index in [0.717, 1.165) is 0 Å². The summed E-state index contributed by atoms with van der Waals surface area (Å²) < 4.78 is 28.3. The molecule has 0 amide bonds.